The van der Waals surface area contributed by atoms with Gasteiger partial charge in [0.1, 0.15) is 0 Å². The number of esters is 1. The molecule has 1 atom stereocenters. The molecule has 1 aromatic rings. The van der Waals surface area contributed by atoms with Crippen LogP contribution in [0.15, 0.2) is 18.5 Å². The van der Waals surface area contributed by atoms with E-state index in [0.29, 0.717) is 6.54 Å². The first-order chi connectivity index (χ1) is 8.13. The smallest absolute Gasteiger partial charge is 0.311 e. The molecule has 1 aromatic heterocycles. The molecule has 0 aromatic carbocycles. The van der Waals surface area contributed by atoms with Gasteiger partial charge in [0.15, 0.2) is 0 Å². The summed E-state index contributed by atoms with van der Waals surface area (Å²) in [5, 5.41) is 0. The Hall–Kier alpha value is -1.91. The standard InChI is InChI=1S/C12H14N2O3/c1-8-6-13-4-3-10(8)14-7-9(5-11(14)15)12(16)17-2/h3-4,6,9H,5,7H2,1-2H3. The van der Waals surface area contributed by atoms with Crippen LogP contribution in [-0.4, -0.2) is 30.5 Å². The molecule has 0 aliphatic carbocycles. The van der Waals surface area contributed by atoms with Crippen molar-refractivity contribution in [2.24, 2.45) is 5.92 Å². The Labute approximate surface area is 99.4 Å². The minimum absolute atomic E-state index is 0.0466. The van der Waals surface area contributed by atoms with Crippen molar-refractivity contribution in [1.82, 2.24) is 4.98 Å². The molecule has 1 saturated heterocycles. The Bertz CT molecular complexity index is 459. The van der Waals surface area contributed by atoms with Gasteiger partial charge in [0, 0.05) is 31.0 Å². The van der Waals surface area contributed by atoms with Crippen molar-refractivity contribution in [2.45, 2.75) is 13.3 Å². The molecule has 1 aliphatic heterocycles. The Kier molecular flexibility index (Phi) is 3.08. The molecule has 0 radical (unpaired) electrons. The second-order valence-corrected chi connectivity index (χ2v) is 4.09. The van der Waals surface area contributed by atoms with E-state index in [1.54, 1.807) is 23.4 Å². The first-order valence-electron chi connectivity index (χ1n) is 5.42. The number of pyridine rings is 1. The zero-order valence-electron chi connectivity index (χ0n) is 9.84. The van der Waals surface area contributed by atoms with Gasteiger partial charge in [0.05, 0.1) is 13.0 Å². The lowest BCUT2D eigenvalue weighted by atomic mass is 10.1. The highest BCUT2D eigenvalue weighted by atomic mass is 16.5. The number of aryl methyl sites for hydroxylation is 1. The third kappa shape index (κ3) is 2.13. The van der Waals surface area contributed by atoms with E-state index in [1.807, 2.05) is 6.92 Å². The third-order valence-electron chi connectivity index (χ3n) is 2.94. The van der Waals surface area contributed by atoms with Crippen LogP contribution in [0.2, 0.25) is 0 Å². The van der Waals surface area contributed by atoms with Crippen LogP contribution in [0.1, 0.15) is 12.0 Å². The van der Waals surface area contributed by atoms with Crippen molar-refractivity contribution < 1.29 is 14.3 Å². The molecule has 17 heavy (non-hydrogen) atoms. The lowest BCUT2D eigenvalue weighted by Crippen LogP contribution is -2.26. The molecule has 2 rings (SSSR count). The Morgan fingerprint density at radius 3 is 3.00 bits per heavy atom. The minimum Gasteiger partial charge on any atom is -0.469 e. The summed E-state index contributed by atoms with van der Waals surface area (Å²) in [6.07, 6.45) is 3.56. The van der Waals surface area contributed by atoms with E-state index in [-0.39, 0.29) is 24.2 Å². The summed E-state index contributed by atoms with van der Waals surface area (Å²) >= 11 is 0. The second-order valence-electron chi connectivity index (χ2n) is 4.09. The minimum atomic E-state index is -0.361. The number of aromatic nitrogens is 1. The molecule has 1 amide bonds. The van der Waals surface area contributed by atoms with Crippen LogP contribution < -0.4 is 4.90 Å². The molecule has 1 aliphatic rings. The van der Waals surface area contributed by atoms with Crippen LogP contribution in [0, 0.1) is 12.8 Å². The van der Waals surface area contributed by atoms with Gasteiger partial charge in [-0.2, -0.15) is 0 Å². The summed E-state index contributed by atoms with van der Waals surface area (Å²) in [4.78, 5) is 28.9. The molecule has 2 heterocycles. The maximum Gasteiger partial charge on any atom is 0.311 e. The summed E-state index contributed by atoms with van der Waals surface area (Å²) in [5.41, 5.74) is 1.74. The number of methoxy groups -OCH3 is 1. The van der Waals surface area contributed by atoms with Gasteiger partial charge in [-0.15, -0.1) is 0 Å². The van der Waals surface area contributed by atoms with Gasteiger partial charge in [-0.3, -0.25) is 14.6 Å². The van der Waals surface area contributed by atoms with Crippen molar-refractivity contribution in [3.63, 3.8) is 0 Å². The van der Waals surface area contributed by atoms with Gasteiger partial charge in [-0.05, 0) is 18.6 Å². The highest BCUT2D eigenvalue weighted by Gasteiger charge is 2.36. The van der Waals surface area contributed by atoms with Gasteiger partial charge >= 0.3 is 5.97 Å². The summed E-state index contributed by atoms with van der Waals surface area (Å²) in [5.74, 6) is -0.734. The number of ether oxygens (including phenoxy) is 1. The molecular weight excluding hydrogens is 220 g/mol. The molecule has 0 N–H and O–H groups in total. The summed E-state index contributed by atoms with van der Waals surface area (Å²) < 4.78 is 4.67. The fourth-order valence-electron chi connectivity index (χ4n) is 2.03. The SMILES string of the molecule is COC(=O)C1CC(=O)N(c2ccncc2C)C1. The van der Waals surface area contributed by atoms with Crippen LogP contribution in [0.5, 0.6) is 0 Å². The highest BCUT2D eigenvalue weighted by Crippen LogP contribution is 2.27. The maximum atomic E-state index is 11.9. The van der Waals surface area contributed by atoms with E-state index in [0.717, 1.165) is 11.3 Å². The first kappa shape index (κ1) is 11.6. The topological polar surface area (TPSA) is 59.5 Å². The van der Waals surface area contributed by atoms with Gasteiger partial charge in [0.2, 0.25) is 5.91 Å². The number of rotatable bonds is 2. The summed E-state index contributed by atoms with van der Waals surface area (Å²) in [6.45, 7) is 2.28. The molecule has 0 saturated carbocycles. The number of hydrogen-bond acceptors (Lipinski definition) is 4. The number of hydrogen-bond donors (Lipinski definition) is 0. The van der Waals surface area contributed by atoms with E-state index < -0.39 is 0 Å². The molecule has 0 bridgehead atoms. The van der Waals surface area contributed by atoms with Gasteiger partial charge in [0.25, 0.3) is 0 Å². The number of carbonyl (C=O) groups excluding carboxylic acids is 2. The van der Waals surface area contributed by atoms with Gasteiger partial charge in [-0.25, -0.2) is 0 Å². The number of anilines is 1. The van der Waals surface area contributed by atoms with Crippen LogP contribution >= 0.6 is 0 Å². The van der Waals surface area contributed by atoms with Crippen molar-refractivity contribution in [3.05, 3.63) is 24.0 Å². The normalized spacial score (nSPS) is 19.5. The number of carbonyl (C=O) groups is 2. The first-order valence-corrected chi connectivity index (χ1v) is 5.42. The fourth-order valence-corrected chi connectivity index (χ4v) is 2.03. The third-order valence-corrected chi connectivity index (χ3v) is 2.94. The van der Waals surface area contributed by atoms with E-state index in [4.69, 9.17) is 0 Å². The number of nitrogens with zero attached hydrogens (tertiary/aromatic N) is 2. The largest absolute Gasteiger partial charge is 0.469 e. The monoisotopic (exact) mass is 234 g/mol. The molecule has 1 fully saturated rings. The van der Waals surface area contributed by atoms with Crippen LogP contribution in [-0.2, 0) is 14.3 Å². The molecule has 90 valence electrons. The van der Waals surface area contributed by atoms with Crippen molar-refractivity contribution in [2.75, 3.05) is 18.6 Å². The predicted molar refractivity (Wildman–Crippen MR) is 61.5 cm³/mol. The fraction of sp³-hybridized carbons (Fsp3) is 0.417. The highest BCUT2D eigenvalue weighted by molar-refractivity contribution is 5.99. The second kappa shape index (κ2) is 4.53. The molecular formula is C12H14N2O3. The van der Waals surface area contributed by atoms with Gasteiger partial charge in [-0.1, -0.05) is 0 Å². The average molecular weight is 234 g/mol. The zero-order chi connectivity index (χ0) is 12.4. The van der Waals surface area contributed by atoms with Crippen molar-refractivity contribution in [1.29, 1.82) is 0 Å². The summed E-state index contributed by atoms with van der Waals surface area (Å²) in [6, 6.07) is 1.78. The Morgan fingerprint density at radius 2 is 2.35 bits per heavy atom. The zero-order valence-corrected chi connectivity index (χ0v) is 9.84. The maximum absolute atomic E-state index is 11.9. The van der Waals surface area contributed by atoms with E-state index in [2.05, 4.69) is 9.72 Å². The van der Waals surface area contributed by atoms with E-state index in [1.165, 1.54) is 7.11 Å². The number of amides is 1. The molecule has 5 heteroatoms. The lowest BCUT2D eigenvalue weighted by molar-refractivity contribution is -0.145. The van der Waals surface area contributed by atoms with Gasteiger partial charge < -0.3 is 9.64 Å². The van der Waals surface area contributed by atoms with Crippen LogP contribution in [0.4, 0.5) is 5.69 Å². The van der Waals surface area contributed by atoms with Crippen molar-refractivity contribution >= 4 is 17.6 Å². The van der Waals surface area contributed by atoms with E-state index in [9.17, 15) is 9.59 Å². The lowest BCUT2D eigenvalue weighted by Gasteiger charge is -2.18. The molecule has 1 unspecified atom stereocenters. The van der Waals surface area contributed by atoms with E-state index >= 15 is 0 Å². The Morgan fingerprint density at radius 1 is 1.59 bits per heavy atom. The van der Waals surface area contributed by atoms with Crippen LogP contribution in [0.25, 0.3) is 0 Å². The molecule has 5 nitrogen and oxygen atoms in total. The van der Waals surface area contributed by atoms with Crippen LogP contribution in [0.3, 0.4) is 0 Å². The quantitative estimate of drug-likeness (QED) is 0.714. The predicted octanol–water partition coefficient (Wildman–Crippen LogP) is 0.916. The summed E-state index contributed by atoms with van der Waals surface area (Å²) in [7, 11) is 1.34. The Balaban J connectivity index is 2.22. The molecule has 0 spiro atoms. The van der Waals surface area contributed by atoms with Crippen molar-refractivity contribution in [3.8, 4) is 0 Å². The average Bonchev–Trinajstić information content (AvgIpc) is 2.71.